The van der Waals surface area contributed by atoms with Crippen LogP contribution in [0, 0.1) is 0 Å². The van der Waals surface area contributed by atoms with Crippen LogP contribution >= 0.6 is 12.6 Å². The first-order chi connectivity index (χ1) is 5.69. The summed E-state index contributed by atoms with van der Waals surface area (Å²) < 4.78 is 5.48. The number of thiol groups is 1. The zero-order valence-electron chi connectivity index (χ0n) is 9.13. The maximum atomic E-state index is 11.6. The molecule has 0 aromatic heterocycles. The van der Waals surface area contributed by atoms with Gasteiger partial charge in [0.05, 0.1) is 20.6 Å². The molecule has 0 saturated carbocycles. The van der Waals surface area contributed by atoms with E-state index in [1.165, 1.54) is 0 Å². The Hall–Kier alpha value is -0.220. The second-order valence-corrected chi connectivity index (χ2v) is 5.06. The highest BCUT2D eigenvalue weighted by Gasteiger charge is 2.31. The number of amides is 1. The van der Waals surface area contributed by atoms with Crippen LogP contribution in [0.25, 0.3) is 0 Å². The number of ether oxygens (including phenoxy) is 1. The van der Waals surface area contributed by atoms with Crippen LogP contribution in [0.15, 0.2) is 0 Å². The summed E-state index contributed by atoms with van der Waals surface area (Å²) in [5, 5.41) is 0. The SMILES string of the molecule is CC(C)(C)OC(=O)[N+](C)(C)CCS. The van der Waals surface area contributed by atoms with E-state index in [2.05, 4.69) is 12.6 Å². The van der Waals surface area contributed by atoms with Gasteiger partial charge < -0.3 is 4.74 Å². The predicted molar refractivity (Wildman–Crippen MR) is 57.1 cm³/mol. The molecule has 0 rings (SSSR count). The molecule has 3 nitrogen and oxygen atoms in total. The Kier molecular flexibility index (Phi) is 4.26. The number of quaternary nitrogens is 1. The van der Waals surface area contributed by atoms with Gasteiger partial charge in [0.25, 0.3) is 0 Å². The lowest BCUT2D eigenvalue weighted by Crippen LogP contribution is -2.49. The van der Waals surface area contributed by atoms with Crippen molar-refractivity contribution in [1.82, 2.24) is 0 Å². The van der Waals surface area contributed by atoms with E-state index in [1.807, 2.05) is 34.9 Å². The molecule has 0 atom stereocenters. The zero-order valence-corrected chi connectivity index (χ0v) is 10.0. The van der Waals surface area contributed by atoms with E-state index in [0.29, 0.717) is 12.3 Å². The van der Waals surface area contributed by atoms with E-state index in [1.54, 1.807) is 0 Å². The molecule has 13 heavy (non-hydrogen) atoms. The van der Waals surface area contributed by atoms with E-state index in [9.17, 15) is 4.79 Å². The van der Waals surface area contributed by atoms with Crippen molar-refractivity contribution in [2.75, 3.05) is 26.4 Å². The molecule has 0 unspecified atom stereocenters. The van der Waals surface area contributed by atoms with Crippen LogP contribution in [0.2, 0.25) is 0 Å². The first kappa shape index (κ1) is 12.8. The molecule has 0 aliphatic rings. The number of hydrogen-bond donors (Lipinski definition) is 1. The largest absolute Gasteiger partial charge is 0.516 e. The summed E-state index contributed by atoms with van der Waals surface area (Å²) in [6, 6.07) is 0. The third kappa shape index (κ3) is 5.16. The molecule has 0 aromatic carbocycles. The number of rotatable bonds is 2. The highest BCUT2D eigenvalue weighted by Crippen LogP contribution is 2.12. The smallest absolute Gasteiger partial charge is 0.414 e. The molecule has 0 fully saturated rings. The minimum atomic E-state index is -0.413. The number of carbonyl (C=O) groups excluding carboxylic acids is 1. The summed E-state index contributed by atoms with van der Waals surface area (Å²) in [6.45, 7) is 6.28. The monoisotopic (exact) mass is 206 g/mol. The van der Waals surface area contributed by atoms with Crippen LogP contribution in [0.4, 0.5) is 4.79 Å². The molecule has 4 heteroatoms. The van der Waals surface area contributed by atoms with Crippen molar-refractivity contribution in [3.05, 3.63) is 0 Å². The summed E-state index contributed by atoms with van der Waals surface area (Å²) in [5.41, 5.74) is -0.413. The lowest BCUT2D eigenvalue weighted by molar-refractivity contribution is -0.815. The van der Waals surface area contributed by atoms with Crippen molar-refractivity contribution >= 4 is 18.7 Å². The maximum absolute atomic E-state index is 11.6. The van der Waals surface area contributed by atoms with E-state index in [0.717, 1.165) is 0 Å². The molecular weight excluding hydrogens is 186 g/mol. The molecule has 0 N–H and O–H groups in total. The van der Waals surface area contributed by atoms with Gasteiger partial charge in [-0.05, 0) is 20.8 Å². The van der Waals surface area contributed by atoms with Gasteiger partial charge in [-0.25, -0.2) is 4.48 Å². The van der Waals surface area contributed by atoms with Crippen molar-refractivity contribution in [2.24, 2.45) is 0 Å². The van der Waals surface area contributed by atoms with Gasteiger partial charge >= 0.3 is 6.09 Å². The Morgan fingerprint density at radius 2 is 1.85 bits per heavy atom. The minimum Gasteiger partial charge on any atom is -0.414 e. The Labute approximate surface area is 86.1 Å². The van der Waals surface area contributed by atoms with Crippen molar-refractivity contribution < 1.29 is 14.0 Å². The summed E-state index contributed by atoms with van der Waals surface area (Å²) >= 11 is 4.10. The number of carbonyl (C=O) groups is 1. The second-order valence-electron chi connectivity index (χ2n) is 4.61. The molecule has 0 radical (unpaired) electrons. The van der Waals surface area contributed by atoms with E-state index in [4.69, 9.17) is 4.74 Å². The molecule has 0 aliphatic heterocycles. The topological polar surface area (TPSA) is 26.3 Å². The lowest BCUT2D eigenvalue weighted by Gasteiger charge is -2.28. The van der Waals surface area contributed by atoms with Crippen molar-refractivity contribution in [1.29, 1.82) is 0 Å². The molecule has 0 saturated heterocycles. The molecule has 0 aliphatic carbocycles. The third-order valence-electron chi connectivity index (χ3n) is 1.55. The normalized spacial score (nSPS) is 12.8. The summed E-state index contributed by atoms with van der Waals surface area (Å²) in [7, 11) is 3.65. The Morgan fingerprint density at radius 3 is 2.15 bits per heavy atom. The number of hydrogen-bond acceptors (Lipinski definition) is 3. The fourth-order valence-corrected chi connectivity index (χ4v) is 1.23. The molecule has 0 heterocycles. The molecule has 0 bridgehead atoms. The van der Waals surface area contributed by atoms with E-state index >= 15 is 0 Å². The van der Waals surface area contributed by atoms with Gasteiger partial charge in [-0.3, -0.25) is 0 Å². The first-order valence-electron chi connectivity index (χ1n) is 4.36. The average molecular weight is 206 g/mol. The van der Waals surface area contributed by atoms with Crippen LogP contribution < -0.4 is 0 Å². The molecule has 0 aromatic rings. The summed E-state index contributed by atoms with van der Waals surface area (Å²) in [4.78, 5) is 11.6. The van der Waals surface area contributed by atoms with E-state index < -0.39 is 5.60 Å². The Bertz CT molecular complexity index is 185. The summed E-state index contributed by atoms with van der Waals surface area (Å²) in [5.74, 6) is 0.673. The quantitative estimate of drug-likeness (QED) is 0.552. The fraction of sp³-hybridized carbons (Fsp3) is 0.889. The molecular formula is C9H20NO2S+. The highest BCUT2D eigenvalue weighted by atomic mass is 32.1. The van der Waals surface area contributed by atoms with Gasteiger partial charge in [-0.15, -0.1) is 0 Å². The zero-order chi connectivity index (χ0) is 10.7. The standard InChI is InChI=1S/C9H19NO2S/c1-9(2,3)12-8(11)10(4,5)6-7-13/h6-7H2,1-5H3/p+1. The Balaban J connectivity index is 4.25. The summed E-state index contributed by atoms with van der Waals surface area (Å²) in [6.07, 6.45) is -0.207. The van der Waals surface area contributed by atoms with Gasteiger partial charge in [0, 0.05) is 5.75 Å². The average Bonchev–Trinajstić information content (AvgIpc) is 1.82. The second kappa shape index (κ2) is 4.33. The van der Waals surface area contributed by atoms with Gasteiger partial charge in [0.2, 0.25) is 0 Å². The van der Waals surface area contributed by atoms with Crippen LogP contribution in [0.5, 0.6) is 0 Å². The highest BCUT2D eigenvalue weighted by molar-refractivity contribution is 7.80. The third-order valence-corrected chi connectivity index (χ3v) is 1.75. The first-order valence-corrected chi connectivity index (χ1v) is 5.00. The van der Waals surface area contributed by atoms with Gasteiger partial charge in [0.15, 0.2) is 0 Å². The molecule has 78 valence electrons. The van der Waals surface area contributed by atoms with Crippen LogP contribution in [-0.2, 0) is 4.74 Å². The van der Waals surface area contributed by atoms with Crippen LogP contribution in [0.1, 0.15) is 20.8 Å². The minimum absolute atomic E-state index is 0.207. The van der Waals surface area contributed by atoms with Gasteiger partial charge in [-0.2, -0.15) is 17.4 Å². The van der Waals surface area contributed by atoms with E-state index in [-0.39, 0.29) is 10.6 Å². The lowest BCUT2D eigenvalue weighted by atomic mass is 10.2. The van der Waals surface area contributed by atoms with Gasteiger partial charge in [-0.1, -0.05) is 0 Å². The maximum Gasteiger partial charge on any atom is 0.516 e. The van der Waals surface area contributed by atoms with Gasteiger partial charge in [0.1, 0.15) is 5.60 Å². The van der Waals surface area contributed by atoms with Crippen LogP contribution in [-0.4, -0.2) is 42.6 Å². The van der Waals surface area contributed by atoms with Crippen molar-refractivity contribution in [2.45, 2.75) is 26.4 Å². The Morgan fingerprint density at radius 1 is 1.38 bits per heavy atom. The molecule has 0 spiro atoms. The fourth-order valence-electron chi connectivity index (χ4n) is 0.727. The predicted octanol–water partition coefficient (Wildman–Crippen LogP) is 1.93. The van der Waals surface area contributed by atoms with Crippen molar-refractivity contribution in [3.8, 4) is 0 Å². The number of nitrogens with zero attached hydrogens (tertiary/aromatic N) is 1. The molecule has 1 amide bonds. The van der Waals surface area contributed by atoms with Crippen molar-refractivity contribution in [3.63, 3.8) is 0 Å². The van der Waals surface area contributed by atoms with Crippen LogP contribution in [0.3, 0.4) is 0 Å².